The lowest BCUT2D eigenvalue weighted by atomic mass is 10.0. The summed E-state index contributed by atoms with van der Waals surface area (Å²) in [7, 11) is 0. The number of aliphatic hydroxyl groups excluding tert-OH is 2. The van der Waals surface area contributed by atoms with Crippen molar-refractivity contribution in [3.8, 4) is 0 Å². The Bertz CT molecular complexity index is 1130. The van der Waals surface area contributed by atoms with Gasteiger partial charge in [0, 0.05) is 12.8 Å². The molecule has 0 heterocycles. The van der Waals surface area contributed by atoms with Gasteiger partial charge in [-0.25, -0.2) is 0 Å². The van der Waals surface area contributed by atoms with E-state index in [0.29, 0.717) is 25.9 Å². The topological polar surface area (TPSA) is 95.9 Å². The third kappa shape index (κ3) is 55.4. The van der Waals surface area contributed by atoms with Gasteiger partial charge >= 0.3 is 5.97 Å². The Morgan fingerprint density at radius 2 is 0.714 bits per heavy atom. The number of carbonyl (C=O) groups excluding carboxylic acids is 2. The van der Waals surface area contributed by atoms with Gasteiger partial charge in [-0.2, -0.15) is 0 Å². The summed E-state index contributed by atoms with van der Waals surface area (Å²) in [4.78, 5) is 24.5. The molecule has 0 radical (unpaired) electrons. The second-order valence-corrected chi connectivity index (χ2v) is 21.4. The maximum Gasteiger partial charge on any atom is 0.305 e. The van der Waals surface area contributed by atoms with Crippen LogP contribution in [0.3, 0.4) is 0 Å². The van der Waals surface area contributed by atoms with E-state index in [4.69, 9.17) is 4.74 Å². The monoisotopic (exact) mass is 984 g/mol. The Balaban J connectivity index is 3.39. The van der Waals surface area contributed by atoms with E-state index in [2.05, 4.69) is 55.6 Å². The van der Waals surface area contributed by atoms with E-state index in [9.17, 15) is 19.8 Å². The van der Waals surface area contributed by atoms with Crippen LogP contribution >= 0.6 is 0 Å². The van der Waals surface area contributed by atoms with Crippen molar-refractivity contribution in [2.24, 2.45) is 0 Å². The number of rotatable bonds is 58. The average Bonchev–Trinajstić information content (AvgIpc) is 3.36. The Labute approximate surface area is 436 Å². The van der Waals surface area contributed by atoms with Crippen molar-refractivity contribution in [2.75, 3.05) is 13.2 Å². The van der Waals surface area contributed by atoms with E-state index in [-0.39, 0.29) is 18.5 Å². The van der Waals surface area contributed by atoms with Crippen molar-refractivity contribution < 1.29 is 24.5 Å². The van der Waals surface area contributed by atoms with Gasteiger partial charge in [0.15, 0.2) is 0 Å². The predicted molar refractivity (Wildman–Crippen MR) is 306 cm³/mol. The maximum absolute atomic E-state index is 12.5. The highest BCUT2D eigenvalue weighted by molar-refractivity contribution is 5.76. The first kappa shape index (κ1) is 68.1. The zero-order chi connectivity index (χ0) is 50.7. The van der Waals surface area contributed by atoms with Crippen LogP contribution in [0.15, 0.2) is 36.5 Å². The second-order valence-electron chi connectivity index (χ2n) is 21.4. The molecule has 412 valence electrons. The molecule has 0 fully saturated rings. The normalized spacial score (nSPS) is 12.8. The summed E-state index contributed by atoms with van der Waals surface area (Å²) in [6, 6.07) is -0.546. The van der Waals surface area contributed by atoms with E-state index in [1.54, 1.807) is 0 Å². The molecule has 0 bridgehead atoms. The molecular formula is C64H121NO5. The van der Waals surface area contributed by atoms with Gasteiger partial charge in [0.05, 0.1) is 25.4 Å². The standard InChI is InChI=1S/C64H121NO5/c1-3-5-7-9-11-13-15-17-18-19-24-28-31-34-38-42-46-50-54-58-64(69)70-59-55-51-47-43-39-35-32-29-26-23-21-20-22-25-27-30-33-37-41-45-49-53-57-63(68)65-61(60-66)62(67)56-52-48-44-40-36-16-14-12-10-8-6-4-2/h11,13,17-18,22,25,61-62,66-67H,3-10,12,14-16,19-21,23-24,26-60H2,1-2H3,(H,65,68)/b13-11-,18-17-,25-22-. The number of ether oxygens (including phenoxy) is 1. The van der Waals surface area contributed by atoms with Gasteiger partial charge in [0.1, 0.15) is 0 Å². The van der Waals surface area contributed by atoms with Crippen LogP contribution < -0.4 is 5.32 Å². The van der Waals surface area contributed by atoms with Crippen molar-refractivity contribution in [3.05, 3.63) is 36.5 Å². The Kier molecular flexibility index (Phi) is 58.0. The predicted octanol–water partition coefficient (Wildman–Crippen LogP) is 19.6. The smallest absolute Gasteiger partial charge is 0.305 e. The Hall–Kier alpha value is -1.92. The first-order chi connectivity index (χ1) is 34.5. The third-order valence-corrected chi connectivity index (χ3v) is 14.4. The van der Waals surface area contributed by atoms with Crippen LogP contribution in [0.5, 0.6) is 0 Å². The van der Waals surface area contributed by atoms with E-state index in [1.807, 2.05) is 0 Å². The number of aliphatic hydroxyl groups is 2. The SMILES string of the molecule is CCCCC/C=C\C/C=C\CCCCCCCCCCCC(=O)OCCCCCCCCCCCCC/C=C\CCCCCCCCCC(=O)NC(CO)C(O)CCCCCCCCCCCCCC. The lowest BCUT2D eigenvalue weighted by molar-refractivity contribution is -0.143. The molecule has 0 aromatic rings. The molecule has 0 aliphatic carbocycles. The lowest BCUT2D eigenvalue weighted by Gasteiger charge is -2.22. The number of nitrogens with one attached hydrogen (secondary N) is 1. The van der Waals surface area contributed by atoms with Crippen LogP contribution in [0.2, 0.25) is 0 Å². The largest absolute Gasteiger partial charge is 0.466 e. The molecule has 0 aliphatic rings. The van der Waals surface area contributed by atoms with Gasteiger partial charge < -0.3 is 20.3 Å². The third-order valence-electron chi connectivity index (χ3n) is 14.4. The molecule has 2 atom stereocenters. The van der Waals surface area contributed by atoms with E-state index in [1.165, 1.54) is 250 Å². The molecule has 1 amide bonds. The van der Waals surface area contributed by atoms with Gasteiger partial charge in [-0.3, -0.25) is 9.59 Å². The summed E-state index contributed by atoms with van der Waals surface area (Å²) in [5.41, 5.74) is 0. The molecule has 0 aromatic heterocycles. The van der Waals surface area contributed by atoms with Gasteiger partial charge in [-0.1, -0.05) is 275 Å². The molecule has 0 aromatic carbocycles. The first-order valence-electron chi connectivity index (χ1n) is 31.2. The fourth-order valence-corrected chi connectivity index (χ4v) is 9.61. The van der Waals surface area contributed by atoms with Crippen molar-refractivity contribution in [2.45, 2.75) is 347 Å². The quantitative estimate of drug-likeness (QED) is 0.0321. The average molecular weight is 985 g/mol. The summed E-state index contributed by atoms with van der Waals surface area (Å²) < 4.78 is 5.50. The zero-order valence-electron chi connectivity index (χ0n) is 47.0. The van der Waals surface area contributed by atoms with Gasteiger partial charge in [0.2, 0.25) is 5.91 Å². The highest BCUT2D eigenvalue weighted by Crippen LogP contribution is 2.17. The Morgan fingerprint density at radius 3 is 1.13 bits per heavy atom. The van der Waals surface area contributed by atoms with Crippen molar-refractivity contribution in [1.82, 2.24) is 5.32 Å². The first-order valence-corrected chi connectivity index (χ1v) is 31.2. The van der Waals surface area contributed by atoms with Crippen LogP contribution in [-0.2, 0) is 14.3 Å². The molecule has 0 rings (SSSR count). The van der Waals surface area contributed by atoms with Crippen LogP contribution in [0.1, 0.15) is 335 Å². The van der Waals surface area contributed by atoms with Gasteiger partial charge in [0.25, 0.3) is 0 Å². The minimum atomic E-state index is -0.668. The molecule has 3 N–H and O–H groups in total. The molecule has 6 heteroatoms. The number of hydrogen-bond donors (Lipinski definition) is 3. The van der Waals surface area contributed by atoms with Crippen LogP contribution in [-0.4, -0.2) is 47.4 Å². The molecule has 70 heavy (non-hydrogen) atoms. The number of allylic oxidation sites excluding steroid dienone is 6. The summed E-state index contributed by atoms with van der Waals surface area (Å²) in [6.07, 6.45) is 74.4. The van der Waals surface area contributed by atoms with Crippen molar-refractivity contribution in [3.63, 3.8) is 0 Å². The maximum atomic E-state index is 12.5. The molecule has 0 saturated carbocycles. The molecule has 2 unspecified atom stereocenters. The van der Waals surface area contributed by atoms with Crippen LogP contribution in [0, 0.1) is 0 Å². The van der Waals surface area contributed by atoms with E-state index < -0.39 is 12.1 Å². The highest BCUT2D eigenvalue weighted by atomic mass is 16.5. The molecule has 6 nitrogen and oxygen atoms in total. The fraction of sp³-hybridized carbons (Fsp3) is 0.875. The zero-order valence-corrected chi connectivity index (χ0v) is 47.0. The fourth-order valence-electron chi connectivity index (χ4n) is 9.61. The van der Waals surface area contributed by atoms with Crippen LogP contribution in [0.4, 0.5) is 0 Å². The summed E-state index contributed by atoms with van der Waals surface area (Å²) >= 11 is 0. The summed E-state index contributed by atoms with van der Waals surface area (Å²) in [6.45, 7) is 4.93. The van der Waals surface area contributed by atoms with Gasteiger partial charge in [-0.15, -0.1) is 0 Å². The molecule has 0 aliphatic heterocycles. The van der Waals surface area contributed by atoms with Crippen molar-refractivity contribution in [1.29, 1.82) is 0 Å². The lowest BCUT2D eigenvalue weighted by Crippen LogP contribution is -2.45. The number of hydrogen-bond acceptors (Lipinski definition) is 5. The van der Waals surface area contributed by atoms with Crippen molar-refractivity contribution >= 4 is 11.9 Å². The Morgan fingerprint density at radius 1 is 0.400 bits per heavy atom. The molecule has 0 spiro atoms. The van der Waals surface area contributed by atoms with E-state index in [0.717, 1.165) is 51.4 Å². The number of unbranched alkanes of at least 4 members (excludes halogenated alkanes) is 41. The highest BCUT2D eigenvalue weighted by Gasteiger charge is 2.20. The summed E-state index contributed by atoms with van der Waals surface area (Å²) in [5, 5.41) is 23.2. The molecular weight excluding hydrogens is 863 g/mol. The van der Waals surface area contributed by atoms with E-state index >= 15 is 0 Å². The number of amides is 1. The second kappa shape index (κ2) is 59.6. The van der Waals surface area contributed by atoms with Crippen LogP contribution in [0.25, 0.3) is 0 Å². The minimum absolute atomic E-state index is 0.00624. The summed E-state index contributed by atoms with van der Waals surface area (Å²) in [5.74, 6) is -0.0358. The number of esters is 1. The van der Waals surface area contributed by atoms with Gasteiger partial charge in [-0.05, 0) is 83.5 Å². The minimum Gasteiger partial charge on any atom is -0.466 e. The molecule has 0 saturated heterocycles. The number of carbonyl (C=O) groups is 2.